The maximum Gasteiger partial charge on any atom is 0.324 e. The predicted octanol–water partition coefficient (Wildman–Crippen LogP) is 3.22. The van der Waals surface area contributed by atoms with E-state index in [9.17, 15) is 19.5 Å². The minimum atomic E-state index is -1.46. The molecule has 3 N–H and O–H groups in total. The van der Waals surface area contributed by atoms with Gasteiger partial charge >= 0.3 is 11.9 Å². The lowest BCUT2D eigenvalue weighted by Crippen LogP contribution is -2.24. The first-order valence-corrected chi connectivity index (χ1v) is 9.94. The maximum absolute atomic E-state index is 12.6. The van der Waals surface area contributed by atoms with Crippen molar-refractivity contribution in [2.45, 2.75) is 38.5 Å². The first-order chi connectivity index (χ1) is 14.9. The van der Waals surface area contributed by atoms with E-state index in [0.717, 1.165) is 31.3 Å². The Labute approximate surface area is 178 Å². The highest BCUT2D eigenvalue weighted by Gasteiger charge is 2.31. The van der Waals surface area contributed by atoms with Crippen molar-refractivity contribution in [3.05, 3.63) is 53.1 Å². The molecule has 1 amide bonds. The second kappa shape index (κ2) is 9.71. The number of hydrogen-bond acceptors (Lipinski definition) is 6. The van der Waals surface area contributed by atoms with Crippen molar-refractivity contribution in [2.24, 2.45) is 0 Å². The fraction of sp³-hybridized carbons (Fsp3) is 0.318. The van der Waals surface area contributed by atoms with E-state index in [2.05, 4.69) is 21.4 Å². The summed E-state index contributed by atoms with van der Waals surface area (Å²) in [4.78, 5) is 43.1. The van der Waals surface area contributed by atoms with Gasteiger partial charge in [-0.05, 0) is 55.9 Å². The smallest absolute Gasteiger partial charge is 0.324 e. The Hall–Kier alpha value is -3.93. The van der Waals surface area contributed by atoms with Crippen LogP contribution in [0.2, 0.25) is 0 Å². The summed E-state index contributed by atoms with van der Waals surface area (Å²) in [6.45, 7) is 1.68. The third-order valence-electron chi connectivity index (χ3n) is 4.94. The van der Waals surface area contributed by atoms with Crippen LogP contribution in [0.5, 0.6) is 0 Å². The number of hydrogen-bond donors (Lipinski definition) is 3. The lowest BCUT2D eigenvalue weighted by molar-refractivity contribution is -0.153. The highest BCUT2D eigenvalue weighted by Crippen LogP contribution is 2.34. The molecule has 0 saturated heterocycles. The molecular formula is C22H22N4O5. The number of imidazole rings is 1. The monoisotopic (exact) mass is 422 g/mol. The summed E-state index contributed by atoms with van der Waals surface area (Å²) < 4.78 is 4.93. The lowest BCUT2D eigenvalue weighted by atomic mass is 9.89. The summed E-state index contributed by atoms with van der Waals surface area (Å²) in [6.07, 6.45) is 7.04. The average molecular weight is 422 g/mol. The van der Waals surface area contributed by atoms with Crippen LogP contribution in [0.25, 0.3) is 5.57 Å². The summed E-state index contributed by atoms with van der Waals surface area (Å²) in [5, 5.41) is 21.2. The number of nitrogens with zero attached hydrogens (tertiary/aromatic N) is 2. The van der Waals surface area contributed by atoms with E-state index in [1.54, 1.807) is 19.1 Å². The van der Waals surface area contributed by atoms with E-state index in [1.807, 2.05) is 6.07 Å². The van der Waals surface area contributed by atoms with Crippen LogP contribution >= 0.6 is 0 Å². The third kappa shape index (κ3) is 4.98. The van der Waals surface area contributed by atoms with Crippen LogP contribution in [0.1, 0.15) is 66.0 Å². The molecule has 0 aliphatic heterocycles. The molecule has 1 atom stereocenters. The number of ether oxygens (including phenoxy) is 1. The number of carboxylic acids is 1. The molecule has 1 heterocycles. The van der Waals surface area contributed by atoms with Gasteiger partial charge in [0.2, 0.25) is 0 Å². The van der Waals surface area contributed by atoms with Gasteiger partial charge in [-0.1, -0.05) is 12.1 Å². The zero-order valence-corrected chi connectivity index (χ0v) is 17.0. The molecule has 160 valence electrons. The second-order valence-electron chi connectivity index (χ2n) is 7.00. The number of carbonyl (C=O) groups is 3. The largest absolute Gasteiger partial charge is 0.480 e. The normalized spacial score (nSPS) is 14.1. The summed E-state index contributed by atoms with van der Waals surface area (Å²) >= 11 is 0. The number of carboxylic acid groups (broad SMARTS) is 1. The molecule has 1 aliphatic carbocycles. The quantitative estimate of drug-likeness (QED) is 0.459. The Kier molecular flexibility index (Phi) is 6.82. The van der Waals surface area contributed by atoms with Gasteiger partial charge in [-0.2, -0.15) is 5.26 Å². The molecule has 0 radical (unpaired) electrons. The minimum absolute atomic E-state index is 0.0147. The Morgan fingerprint density at radius 2 is 2.16 bits per heavy atom. The number of aromatic amines is 1. The Bertz CT molecular complexity index is 1080. The van der Waals surface area contributed by atoms with Gasteiger partial charge in [0.25, 0.3) is 5.91 Å². The Balaban J connectivity index is 1.99. The van der Waals surface area contributed by atoms with Gasteiger partial charge in [0.1, 0.15) is 6.07 Å². The third-order valence-corrected chi connectivity index (χ3v) is 4.94. The summed E-state index contributed by atoms with van der Waals surface area (Å²) in [5.41, 5.74) is 2.44. The van der Waals surface area contributed by atoms with Crippen LogP contribution < -0.4 is 5.32 Å². The number of nitrogens with one attached hydrogen (secondary N) is 2. The van der Waals surface area contributed by atoms with Gasteiger partial charge in [0.05, 0.1) is 6.61 Å². The van der Waals surface area contributed by atoms with Gasteiger partial charge in [0.15, 0.2) is 17.4 Å². The lowest BCUT2D eigenvalue weighted by Gasteiger charge is -2.20. The van der Waals surface area contributed by atoms with Gasteiger partial charge in [-0.25, -0.2) is 4.98 Å². The van der Waals surface area contributed by atoms with Gasteiger partial charge in [0, 0.05) is 17.4 Å². The molecule has 2 aromatic rings. The van der Waals surface area contributed by atoms with Gasteiger partial charge in [-0.15, -0.1) is 0 Å². The van der Waals surface area contributed by atoms with Crippen LogP contribution in [0.3, 0.4) is 0 Å². The summed E-state index contributed by atoms with van der Waals surface area (Å²) in [5.74, 6) is -4.16. The highest BCUT2D eigenvalue weighted by atomic mass is 16.5. The molecule has 0 bridgehead atoms. The molecule has 31 heavy (non-hydrogen) atoms. The molecule has 9 nitrogen and oxygen atoms in total. The molecule has 0 fully saturated rings. The van der Waals surface area contributed by atoms with Crippen molar-refractivity contribution in [2.75, 3.05) is 11.9 Å². The number of aromatic nitrogens is 2. The Morgan fingerprint density at radius 3 is 2.77 bits per heavy atom. The van der Waals surface area contributed by atoms with E-state index in [-0.39, 0.29) is 23.7 Å². The van der Waals surface area contributed by atoms with Crippen molar-refractivity contribution in [1.29, 1.82) is 5.26 Å². The number of anilines is 1. The van der Waals surface area contributed by atoms with E-state index < -0.39 is 23.8 Å². The maximum atomic E-state index is 12.6. The number of aliphatic carboxylic acids is 1. The molecule has 1 aromatic carbocycles. The first-order valence-electron chi connectivity index (χ1n) is 9.94. The molecule has 1 unspecified atom stereocenters. The molecule has 0 saturated carbocycles. The zero-order valence-electron chi connectivity index (χ0n) is 17.0. The number of H-pyrrole nitrogens is 1. The van der Waals surface area contributed by atoms with Crippen molar-refractivity contribution in [3.8, 4) is 6.07 Å². The molecule has 1 aliphatic rings. The van der Waals surface area contributed by atoms with Gasteiger partial charge in [-0.3, -0.25) is 14.4 Å². The molecule has 0 spiro atoms. The second-order valence-corrected chi connectivity index (χ2v) is 7.00. The average Bonchev–Trinajstić information content (AvgIpc) is 3.25. The van der Waals surface area contributed by atoms with Crippen LogP contribution in [0.15, 0.2) is 30.5 Å². The topological polar surface area (TPSA) is 145 Å². The summed E-state index contributed by atoms with van der Waals surface area (Å²) in [7, 11) is 0. The van der Waals surface area contributed by atoms with Crippen LogP contribution in [0.4, 0.5) is 5.69 Å². The molecule has 9 heteroatoms. The molecule has 3 rings (SSSR count). The number of benzene rings is 1. The van der Waals surface area contributed by atoms with Gasteiger partial charge < -0.3 is 20.1 Å². The van der Waals surface area contributed by atoms with E-state index in [1.165, 1.54) is 12.3 Å². The highest BCUT2D eigenvalue weighted by molar-refractivity contribution is 6.04. The van der Waals surface area contributed by atoms with Crippen molar-refractivity contribution < 1.29 is 24.2 Å². The van der Waals surface area contributed by atoms with Crippen molar-refractivity contribution in [3.63, 3.8) is 0 Å². The van der Waals surface area contributed by atoms with Crippen LogP contribution in [0, 0.1) is 11.3 Å². The number of nitriles is 1. The minimum Gasteiger partial charge on any atom is -0.480 e. The van der Waals surface area contributed by atoms with Crippen molar-refractivity contribution >= 4 is 29.1 Å². The standard InChI is InChI=1S/C22H22N4O5/c1-2-31-22(30)18(21(28)29)14-8-9-17(16(10-14)13-6-4-3-5-7-13)26-20(27)19-24-12-15(11-23)25-19/h6,8-10,12,18H,2-5,7H2,1H3,(H,24,25)(H,26,27)(H,28,29). The first kappa shape index (κ1) is 21.8. The fourth-order valence-electron chi connectivity index (χ4n) is 3.48. The zero-order chi connectivity index (χ0) is 22.4. The van der Waals surface area contributed by atoms with Crippen molar-refractivity contribution in [1.82, 2.24) is 9.97 Å². The van der Waals surface area contributed by atoms with Crippen LogP contribution in [-0.4, -0.2) is 39.5 Å². The van der Waals surface area contributed by atoms with E-state index in [4.69, 9.17) is 10.00 Å². The number of allylic oxidation sites excluding steroid dienone is 2. The van der Waals surface area contributed by atoms with E-state index >= 15 is 0 Å². The molecule has 1 aromatic heterocycles. The van der Waals surface area contributed by atoms with E-state index in [0.29, 0.717) is 11.3 Å². The summed E-state index contributed by atoms with van der Waals surface area (Å²) in [6, 6.07) is 6.52. The SMILES string of the molecule is CCOC(=O)C(C(=O)O)c1ccc(NC(=O)c2nc(C#N)c[nH]2)c(C2=CCCCC2)c1. The predicted molar refractivity (Wildman–Crippen MR) is 111 cm³/mol. The number of esters is 1. The number of amides is 1. The fourth-order valence-corrected chi connectivity index (χ4v) is 3.48. The van der Waals surface area contributed by atoms with Crippen LogP contribution in [-0.2, 0) is 14.3 Å². The number of carbonyl (C=O) groups excluding carboxylic acids is 2. The Morgan fingerprint density at radius 1 is 1.35 bits per heavy atom. The molecular weight excluding hydrogens is 400 g/mol. The number of rotatable bonds is 7.